The summed E-state index contributed by atoms with van der Waals surface area (Å²) < 4.78 is 32.6. The van der Waals surface area contributed by atoms with Crippen LogP contribution < -0.4 is 20.4 Å². The Balaban J connectivity index is 0.938. The highest BCUT2D eigenvalue weighted by Crippen LogP contribution is 2.44. The molecule has 3 heterocycles. The number of likely N-dealkylation sites (tertiary alicyclic amines) is 1. The molecule has 2 amide bonds. The summed E-state index contributed by atoms with van der Waals surface area (Å²) in [6.45, 7) is 18.1. The largest absolute Gasteiger partial charge is 0.371 e. The van der Waals surface area contributed by atoms with Crippen molar-refractivity contribution in [2.24, 2.45) is 26.3 Å². The molecule has 6 rings (SSSR count). The summed E-state index contributed by atoms with van der Waals surface area (Å²) in [4.78, 5) is 56.9. The zero-order valence-electron chi connectivity index (χ0n) is 34.9. The molecule has 2 N–H and O–H groups in total. The zero-order valence-corrected chi connectivity index (χ0v) is 35.7. The summed E-state index contributed by atoms with van der Waals surface area (Å²) in [6, 6.07) is 16.1. The monoisotopic (exact) mass is 839 g/mol. The Morgan fingerprint density at radius 2 is 1.72 bits per heavy atom. The van der Waals surface area contributed by atoms with Crippen molar-refractivity contribution in [1.82, 2.24) is 14.5 Å². The molecular weight excluding hydrogens is 785 g/mol. The van der Waals surface area contributed by atoms with E-state index in [0.29, 0.717) is 36.4 Å². The van der Waals surface area contributed by atoms with Crippen LogP contribution in [0.15, 0.2) is 80.3 Å². The van der Waals surface area contributed by atoms with Crippen LogP contribution in [0, 0.1) is 17.2 Å². The van der Waals surface area contributed by atoms with E-state index in [9.17, 15) is 14.4 Å². The van der Waals surface area contributed by atoms with Gasteiger partial charge >= 0.3 is 0 Å². The number of benzene rings is 3. The summed E-state index contributed by atoms with van der Waals surface area (Å²) in [5, 5.41) is 5.83. The van der Waals surface area contributed by atoms with E-state index < -0.39 is 11.6 Å². The summed E-state index contributed by atoms with van der Waals surface area (Å²) >= 11 is 1.62. The summed E-state index contributed by atoms with van der Waals surface area (Å²) in [5.74, 6) is -1.41. The maximum atomic E-state index is 15.3. The SMILES string of the molecule is C=N/C(=C(F)\C=N/CNc1ccc(SN2CC(C(=O)N3CCC4(CC3)CCN(c3cccc(C=O)c3C(=O)NC)CC4)C2)cc1)c1cc(F)c(N=C)c(N(CC)C(C)C)c1. The minimum absolute atomic E-state index is 0.0117. The van der Waals surface area contributed by atoms with Gasteiger partial charge in [-0.25, -0.2) is 13.1 Å². The molecule has 1 spiro atoms. The lowest BCUT2D eigenvalue weighted by molar-refractivity contribution is -0.141. The Bertz CT molecular complexity index is 2120. The highest BCUT2D eigenvalue weighted by atomic mass is 32.2. The summed E-state index contributed by atoms with van der Waals surface area (Å²) in [5.41, 5.74) is 3.32. The van der Waals surface area contributed by atoms with Crippen molar-refractivity contribution >= 4 is 78.1 Å². The summed E-state index contributed by atoms with van der Waals surface area (Å²) in [7, 11) is 1.58. The van der Waals surface area contributed by atoms with Crippen molar-refractivity contribution in [2.75, 3.05) is 74.6 Å². The van der Waals surface area contributed by atoms with Crippen LogP contribution >= 0.6 is 11.9 Å². The molecule has 3 aliphatic rings. The average molecular weight is 840 g/mol. The molecule has 3 aromatic carbocycles. The van der Waals surface area contributed by atoms with Crippen molar-refractivity contribution in [3.63, 3.8) is 0 Å². The molecule has 0 aliphatic carbocycles. The number of anilines is 3. The van der Waals surface area contributed by atoms with Gasteiger partial charge in [-0.05, 0) is 120 Å². The van der Waals surface area contributed by atoms with Crippen LogP contribution in [0.1, 0.15) is 72.7 Å². The Morgan fingerprint density at radius 1 is 1.03 bits per heavy atom. The van der Waals surface area contributed by atoms with Crippen LogP contribution in [0.4, 0.5) is 31.5 Å². The lowest BCUT2D eigenvalue weighted by Gasteiger charge is -2.49. The number of carbonyl (C=O) groups is 3. The van der Waals surface area contributed by atoms with Gasteiger partial charge in [-0.2, -0.15) is 0 Å². The molecule has 0 atom stereocenters. The van der Waals surface area contributed by atoms with E-state index >= 15 is 8.78 Å². The number of aldehydes is 1. The lowest BCUT2D eigenvalue weighted by Crippen LogP contribution is -2.55. The van der Waals surface area contributed by atoms with Crippen LogP contribution in [0.25, 0.3) is 5.70 Å². The highest BCUT2D eigenvalue weighted by Gasteiger charge is 2.42. The number of allylic oxidation sites excluding steroid dienone is 1. The van der Waals surface area contributed by atoms with Gasteiger partial charge < -0.3 is 25.3 Å². The van der Waals surface area contributed by atoms with E-state index in [1.807, 2.05) is 67.0 Å². The second-order valence-electron chi connectivity index (χ2n) is 15.8. The molecule has 3 aliphatic heterocycles. The first-order chi connectivity index (χ1) is 28.9. The number of aliphatic imine (C=N–C) groups is 3. The van der Waals surface area contributed by atoms with Crippen LogP contribution in [0.3, 0.4) is 0 Å². The maximum absolute atomic E-state index is 15.3. The van der Waals surface area contributed by atoms with E-state index in [4.69, 9.17) is 0 Å². The topological polar surface area (TPSA) is 125 Å². The number of nitrogens with one attached hydrogen (secondary N) is 2. The number of amides is 2. The first-order valence-corrected chi connectivity index (χ1v) is 21.3. The smallest absolute Gasteiger partial charge is 0.253 e. The number of halogens is 2. The number of carbonyl (C=O) groups excluding carboxylic acids is 3. The minimum Gasteiger partial charge on any atom is -0.371 e. The van der Waals surface area contributed by atoms with Crippen LogP contribution in [0.5, 0.6) is 0 Å². The van der Waals surface area contributed by atoms with Gasteiger partial charge in [0.1, 0.15) is 18.1 Å². The van der Waals surface area contributed by atoms with Gasteiger partial charge in [0.05, 0.1) is 29.1 Å². The molecule has 3 aromatic rings. The van der Waals surface area contributed by atoms with Crippen molar-refractivity contribution in [3.8, 4) is 0 Å². The van der Waals surface area contributed by atoms with Gasteiger partial charge in [-0.1, -0.05) is 12.1 Å². The molecule has 60 heavy (non-hydrogen) atoms. The number of nitrogens with zero attached hydrogens (tertiary/aromatic N) is 7. The predicted molar refractivity (Wildman–Crippen MR) is 241 cm³/mol. The maximum Gasteiger partial charge on any atom is 0.253 e. The molecule has 15 heteroatoms. The average Bonchev–Trinajstić information content (AvgIpc) is 3.24. The minimum atomic E-state index is -0.748. The molecule has 0 aromatic heterocycles. The number of hydrogen-bond donors (Lipinski definition) is 2. The van der Waals surface area contributed by atoms with E-state index in [-0.39, 0.29) is 52.8 Å². The Labute approximate surface area is 356 Å². The van der Waals surface area contributed by atoms with Gasteiger partial charge in [0.2, 0.25) is 5.91 Å². The fourth-order valence-electron chi connectivity index (χ4n) is 8.46. The molecule has 0 unspecified atom stereocenters. The van der Waals surface area contributed by atoms with Gasteiger partial charge in [0.15, 0.2) is 17.9 Å². The van der Waals surface area contributed by atoms with Gasteiger partial charge in [0.25, 0.3) is 5.91 Å². The van der Waals surface area contributed by atoms with E-state index in [1.54, 1.807) is 31.1 Å². The molecule has 0 radical (unpaired) electrons. The Morgan fingerprint density at radius 3 is 2.32 bits per heavy atom. The third kappa shape index (κ3) is 9.79. The highest BCUT2D eigenvalue weighted by molar-refractivity contribution is 7.97. The summed E-state index contributed by atoms with van der Waals surface area (Å²) in [6.07, 6.45) is 5.71. The standard InChI is InChI=1S/C45H55F2N9O3S/c1-7-56(30(2)3)39-24-32(23-36(46)42(39)49-5)41(48-4)37(47)25-51-29-52-34-11-13-35(14-12-34)60-55-26-33(27-55)44(59)54-21-17-45(18-22-54)15-19-53(20-16-45)38-10-8-9-31(28-57)40(38)43(58)50-6/h8-14,23-25,28,30,33,52H,4-5,7,15-22,26-27,29H2,1-3,6H3,(H,50,58)/b41-37+,51-25-. The van der Waals surface area contributed by atoms with Gasteiger partial charge in [-0.3, -0.25) is 29.4 Å². The quantitative estimate of drug-likeness (QED) is 0.0849. The van der Waals surface area contributed by atoms with Crippen molar-refractivity contribution in [2.45, 2.75) is 57.4 Å². The first-order valence-electron chi connectivity index (χ1n) is 20.5. The second kappa shape index (κ2) is 19.8. The second-order valence-corrected chi connectivity index (χ2v) is 16.9. The molecule has 0 bridgehead atoms. The molecule has 3 fully saturated rings. The molecular formula is C45H55F2N9O3S. The van der Waals surface area contributed by atoms with Crippen LogP contribution in [-0.2, 0) is 4.79 Å². The van der Waals surface area contributed by atoms with Crippen molar-refractivity contribution < 1.29 is 23.2 Å². The van der Waals surface area contributed by atoms with Gasteiger partial charge in [-0.15, -0.1) is 0 Å². The lowest BCUT2D eigenvalue weighted by atomic mass is 9.71. The fourth-order valence-corrected chi connectivity index (χ4v) is 9.53. The van der Waals surface area contributed by atoms with E-state index in [2.05, 4.69) is 48.3 Å². The predicted octanol–water partition coefficient (Wildman–Crippen LogP) is 7.89. The van der Waals surface area contributed by atoms with Crippen molar-refractivity contribution in [3.05, 3.63) is 82.9 Å². The first kappa shape index (κ1) is 44.2. The van der Waals surface area contributed by atoms with Crippen LogP contribution in [-0.4, -0.2) is 113 Å². The van der Waals surface area contributed by atoms with Crippen molar-refractivity contribution in [1.29, 1.82) is 0 Å². The number of piperidine rings is 2. The fraction of sp³-hybridized carbons (Fsp3) is 0.422. The van der Waals surface area contributed by atoms with Gasteiger partial charge in [0, 0.05) is 80.6 Å². The van der Waals surface area contributed by atoms with E-state index in [1.165, 1.54) is 6.07 Å². The third-order valence-corrected chi connectivity index (χ3v) is 13.0. The van der Waals surface area contributed by atoms with E-state index in [0.717, 1.165) is 80.6 Å². The Kier molecular flexibility index (Phi) is 14.5. The normalized spacial score (nSPS) is 17.3. The molecule has 0 saturated carbocycles. The van der Waals surface area contributed by atoms with Crippen LogP contribution in [0.2, 0.25) is 0 Å². The number of hydrogen-bond acceptors (Lipinski definition) is 11. The molecule has 12 nitrogen and oxygen atoms in total. The zero-order chi connectivity index (χ0) is 43.0. The molecule has 318 valence electrons. The Hall–Kier alpha value is -5.41. The molecule has 3 saturated heterocycles. The number of rotatable bonds is 16. The third-order valence-electron chi connectivity index (χ3n) is 12.0.